The SMILES string of the molecule is CC(=O)SC(C)(CC=O)CCCC(C)(C)O. The van der Waals surface area contributed by atoms with Crippen molar-refractivity contribution in [3.8, 4) is 0 Å². The summed E-state index contributed by atoms with van der Waals surface area (Å²) >= 11 is 1.23. The van der Waals surface area contributed by atoms with Gasteiger partial charge in [0.25, 0.3) is 0 Å². The van der Waals surface area contributed by atoms with Crippen LogP contribution < -0.4 is 0 Å². The van der Waals surface area contributed by atoms with Gasteiger partial charge in [-0.3, -0.25) is 4.79 Å². The number of carbonyl (C=O) groups is 2. The van der Waals surface area contributed by atoms with E-state index < -0.39 is 5.60 Å². The Morgan fingerprint density at radius 2 is 1.88 bits per heavy atom. The zero-order chi connectivity index (χ0) is 12.8. The van der Waals surface area contributed by atoms with Gasteiger partial charge in [0.15, 0.2) is 5.12 Å². The van der Waals surface area contributed by atoms with Gasteiger partial charge in [0, 0.05) is 18.1 Å². The number of hydrogen-bond donors (Lipinski definition) is 1. The van der Waals surface area contributed by atoms with Gasteiger partial charge in [-0.15, -0.1) is 0 Å². The Morgan fingerprint density at radius 1 is 1.31 bits per heavy atom. The Kier molecular flexibility index (Phi) is 6.26. The second-order valence-corrected chi connectivity index (χ2v) is 6.84. The molecule has 3 nitrogen and oxygen atoms in total. The van der Waals surface area contributed by atoms with Crippen LogP contribution in [0.5, 0.6) is 0 Å². The van der Waals surface area contributed by atoms with E-state index in [0.717, 1.165) is 19.1 Å². The Balaban J connectivity index is 4.22. The molecule has 0 heterocycles. The molecule has 0 aliphatic carbocycles. The van der Waals surface area contributed by atoms with Crippen LogP contribution >= 0.6 is 11.8 Å². The number of aliphatic hydroxyl groups is 1. The smallest absolute Gasteiger partial charge is 0.186 e. The summed E-state index contributed by atoms with van der Waals surface area (Å²) in [6.07, 6.45) is 3.50. The highest BCUT2D eigenvalue weighted by Crippen LogP contribution is 2.34. The number of thioether (sulfide) groups is 1. The van der Waals surface area contributed by atoms with Gasteiger partial charge in [-0.05, 0) is 40.0 Å². The fourth-order valence-electron chi connectivity index (χ4n) is 1.61. The topological polar surface area (TPSA) is 54.4 Å². The molecule has 0 aromatic rings. The molecule has 16 heavy (non-hydrogen) atoms. The first-order chi connectivity index (χ1) is 7.18. The van der Waals surface area contributed by atoms with Crippen molar-refractivity contribution in [2.24, 2.45) is 0 Å². The Bertz CT molecular complexity index is 245. The average molecular weight is 246 g/mol. The fraction of sp³-hybridized carbons (Fsp3) is 0.833. The molecule has 0 aromatic heterocycles. The highest BCUT2D eigenvalue weighted by Gasteiger charge is 2.27. The van der Waals surface area contributed by atoms with Crippen LogP contribution in [0.3, 0.4) is 0 Å². The Hall–Kier alpha value is -0.350. The monoisotopic (exact) mass is 246 g/mol. The van der Waals surface area contributed by atoms with E-state index in [4.69, 9.17) is 0 Å². The molecule has 0 saturated heterocycles. The summed E-state index contributed by atoms with van der Waals surface area (Å²) in [7, 11) is 0. The maximum Gasteiger partial charge on any atom is 0.186 e. The molecule has 0 aromatic carbocycles. The minimum Gasteiger partial charge on any atom is -0.390 e. The molecule has 94 valence electrons. The highest BCUT2D eigenvalue weighted by atomic mass is 32.2. The van der Waals surface area contributed by atoms with E-state index in [1.165, 1.54) is 18.7 Å². The van der Waals surface area contributed by atoms with E-state index in [1.807, 2.05) is 6.92 Å². The van der Waals surface area contributed by atoms with E-state index in [9.17, 15) is 14.7 Å². The highest BCUT2D eigenvalue weighted by molar-refractivity contribution is 8.14. The zero-order valence-corrected chi connectivity index (χ0v) is 11.4. The van der Waals surface area contributed by atoms with E-state index in [-0.39, 0.29) is 9.86 Å². The van der Waals surface area contributed by atoms with Crippen LogP contribution in [0.1, 0.15) is 53.4 Å². The molecule has 0 radical (unpaired) electrons. The molecule has 0 spiro atoms. The standard InChI is InChI=1S/C12H22O3S/c1-10(14)16-12(4,8-9-13)7-5-6-11(2,3)15/h9,15H,5-8H2,1-4H3. The van der Waals surface area contributed by atoms with Crippen LogP contribution in [0.25, 0.3) is 0 Å². The summed E-state index contributed by atoms with van der Waals surface area (Å²) in [6.45, 7) is 6.98. The van der Waals surface area contributed by atoms with Gasteiger partial charge in [0.05, 0.1) is 5.60 Å². The second kappa shape index (κ2) is 6.40. The molecular weight excluding hydrogens is 224 g/mol. The third-order valence-corrected chi connectivity index (χ3v) is 3.55. The van der Waals surface area contributed by atoms with Crippen molar-refractivity contribution in [2.45, 2.75) is 63.7 Å². The summed E-state index contributed by atoms with van der Waals surface area (Å²) in [5.41, 5.74) is -0.678. The predicted octanol–water partition coefficient (Wildman–Crippen LogP) is 2.56. The van der Waals surface area contributed by atoms with Crippen molar-refractivity contribution in [3.05, 3.63) is 0 Å². The third kappa shape index (κ3) is 7.88. The second-order valence-electron chi connectivity index (χ2n) is 5.08. The number of rotatable bonds is 7. The predicted molar refractivity (Wildman–Crippen MR) is 67.5 cm³/mol. The van der Waals surface area contributed by atoms with Crippen LogP contribution in [0, 0.1) is 0 Å². The number of hydrogen-bond acceptors (Lipinski definition) is 4. The molecule has 0 aliphatic rings. The van der Waals surface area contributed by atoms with Gasteiger partial charge in [-0.25, -0.2) is 0 Å². The first kappa shape index (κ1) is 15.7. The van der Waals surface area contributed by atoms with Crippen molar-refractivity contribution in [3.63, 3.8) is 0 Å². The molecule has 0 fully saturated rings. The minimum atomic E-state index is -0.678. The zero-order valence-electron chi connectivity index (χ0n) is 10.6. The largest absolute Gasteiger partial charge is 0.390 e. The fourth-order valence-corrected chi connectivity index (χ4v) is 2.70. The summed E-state index contributed by atoms with van der Waals surface area (Å²) < 4.78 is -0.321. The van der Waals surface area contributed by atoms with Crippen LogP contribution in [0.4, 0.5) is 0 Å². The van der Waals surface area contributed by atoms with E-state index >= 15 is 0 Å². The summed E-state index contributed by atoms with van der Waals surface area (Å²) in [4.78, 5) is 21.7. The van der Waals surface area contributed by atoms with Gasteiger partial charge in [0.1, 0.15) is 6.29 Å². The van der Waals surface area contributed by atoms with Crippen LogP contribution in [0.2, 0.25) is 0 Å². The van der Waals surface area contributed by atoms with Crippen LogP contribution in [-0.2, 0) is 9.59 Å². The lowest BCUT2D eigenvalue weighted by atomic mass is 9.95. The molecule has 1 N–H and O–H groups in total. The molecule has 0 bridgehead atoms. The van der Waals surface area contributed by atoms with E-state index in [1.54, 1.807) is 13.8 Å². The summed E-state index contributed by atoms with van der Waals surface area (Å²) in [5.74, 6) is 0. The van der Waals surface area contributed by atoms with Crippen LogP contribution in [-0.4, -0.2) is 26.9 Å². The van der Waals surface area contributed by atoms with Crippen molar-refractivity contribution < 1.29 is 14.7 Å². The van der Waals surface area contributed by atoms with Crippen LogP contribution in [0.15, 0.2) is 0 Å². The van der Waals surface area contributed by atoms with Crippen molar-refractivity contribution in [2.75, 3.05) is 0 Å². The lowest BCUT2D eigenvalue weighted by Crippen LogP contribution is -2.25. The minimum absolute atomic E-state index is 0.0348. The molecule has 1 atom stereocenters. The molecule has 0 saturated carbocycles. The van der Waals surface area contributed by atoms with Gasteiger partial charge < -0.3 is 9.90 Å². The molecule has 0 rings (SSSR count). The summed E-state index contributed by atoms with van der Waals surface area (Å²) in [6, 6.07) is 0. The molecule has 0 aliphatic heterocycles. The Morgan fingerprint density at radius 3 is 2.25 bits per heavy atom. The van der Waals surface area contributed by atoms with Gasteiger partial charge in [0.2, 0.25) is 0 Å². The number of aldehydes is 1. The molecular formula is C12H22O3S. The van der Waals surface area contributed by atoms with Crippen molar-refractivity contribution in [1.82, 2.24) is 0 Å². The molecule has 4 heteroatoms. The molecule has 0 amide bonds. The van der Waals surface area contributed by atoms with Gasteiger partial charge in [-0.1, -0.05) is 11.8 Å². The van der Waals surface area contributed by atoms with E-state index in [0.29, 0.717) is 12.8 Å². The van der Waals surface area contributed by atoms with Crippen molar-refractivity contribution in [1.29, 1.82) is 0 Å². The van der Waals surface area contributed by atoms with Crippen molar-refractivity contribution >= 4 is 23.2 Å². The lowest BCUT2D eigenvalue weighted by molar-refractivity contribution is -0.109. The molecule has 1 unspecified atom stereocenters. The van der Waals surface area contributed by atoms with Gasteiger partial charge >= 0.3 is 0 Å². The summed E-state index contributed by atoms with van der Waals surface area (Å²) in [5, 5.41) is 9.62. The maximum atomic E-state index is 11.1. The third-order valence-electron chi connectivity index (χ3n) is 2.40. The quantitative estimate of drug-likeness (QED) is 0.701. The average Bonchev–Trinajstić information content (AvgIpc) is 1.99. The van der Waals surface area contributed by atoms with Gasteiger partial charge in [-0.2, -0.15) is 0 Å². The Labute approximate surface area is 102 Å². The first-order valence-electron chi connectivity index (χ1n) is 5.54. The normalized spacial score (nSPS) is 15.6. The van der Waals surface area contributed by atoms with E-state index in [2.05, 4.69) is 0 Å². The maximum absolute atomic E-state index is 11.1. The lowest BCUT2D eigenvalue weighted by Gasteiger charge is -2.27. The number of carbonyl (C=O) groups excluding carboxylic acids is 2. The first-order valence-corrected chi connectivity index (χ1v) is 6.36.